The van der Waals surface area contributed by atoms with Gasteiger partial charge in [-0.1, -0.05) is 0 Å². The minimum absolute atomic E-state index is 0.0974. The summed E-state index contributed by atoms with van der Waals surface area (Å²) < 4.78 is 0. The zero-order valence-corrected chi connectivity index (χ0v) is 9.87. The van der Waals surface area contributed by atoms with Crippen molar-refractivity contribution in [3.05, 3.63) is 33.9 Å². The molecule has 0 aliphatic carbocycles. The maximum absolute atomic E-state index is 10.8. The quantitative estimate of drug-likeness (QED) is 0.642. The monoisotopic (exact) mass is 246 g/mol. The molecule has 0 amide bonds. The number of benzene rings is 1. The molecule has 1 aromatic carbocycles. The van der Waals surface area contributed by atoms with Crippen LogP contribution in [0.5, 0.6) is 0 Å². The fourth-order valence-electron chi connectivity index (χ4n) is 2.37. The fourth-order valence-corrected chi connectivity index (χ4v) is 2.37. The lowest BCUT2D eigenvalue weighted by molar-refractivity contribution is -0.385. The largest absolute Gasteiger partial charge is 0.367 e. The molecule has 1 heterocycles. The van der Waals surface area contributed by atoms with Crippen LogP contribution < -0.4 is 10.6 Å². The van der Waals surface area contributed by atoms with Gasteiger partial charge in [-0.05, 0) is 25.0 Å². The van der Waals surface area contributed by atoms with Gasteiger partial charge in [0, 0.05) is 30.9 Å². The number of nitriles is 1. The Balaban J connectivity index is 2.36. The second-order valence-corrected chi connectivity index (χ2v) is 4.30. The van der Waals surface area contributed by atoms with Crippen molar-refractivity contribution in [2.45, 2.75) is 18.9 Å². The Morgan fingerprint density at radius 1 is 1.61 bits per heavy atom. The van der Waals surface area contributed by atoms with Crippen LogP contribution in [-0.4, -0.2) is 24.1 Å². The summed E-state index contributed by atoms with van der Waals surface area (Å²) in [5.74, 6) is 0. The highest BCUT2D eigenvalue weighted by Crippen LogP contribution is 2.29. The zero-order chi connectivity index (χ0) is 13.1. The van der Waals surface area contributed by atoms with Crippen molar-refractivity contribution >= 4 is 11.4 Å². The highest BCUT2D eigenvalue weighted by atomic mass is 16.6. The first-order chi connectivity index (χ1) is 8.67. The van der Waals surface area contributed by atoms with Gasteiger partial charge < -0.3 is 10.6 Å². The van der Waals surface area contributed by atoms with Crippen LogP contribution in [0.25, 0.3) is 0 Å². The summed E-state index contributed by atoms with van der Waals surface area (Å²) in [4.78, 5) is 12.3. The summed E-state index contributed by atoms with van der Waals surface area (Å²) in [6.45, 7) is 1.43. The van der Waals surface area contributed by atoms with Crippen LogP contribution in [0.15, 0.2) is 18.2 Å². The second kappa shape index (κ2) is 5.02. The van der Waals surface area contributed by atoms with E-state index in [0.29, 0.717) is 6.54 Å². The number of nitro benzene ring substituents is 1. The predicted molar refractivity (Wildman–Crippen MR) is 67.2 cm³/mol. The van der Waals surface area contributed by atoms with Crippen molar-refractivity contribution < 1.29 is 4.92 Å². The van der Waals surface area contributed by atoms with Crippen molar-refractivity contribution in [1.82, 2.24) is 0 Å². The Morgan fingerprint density at radius 3 is 3.00 bits per heavy atom. The molecule has 1 fully saturated rings. The van der Waals surface area contributed by atoms with Gasteiger partial charge in [0.25, 0.3) is 5.69 Å². The van der Waals surface area contributed by atoms with Crippen molar-refractivity contribution in [2.75, 3.05) is 18.0 Å². The van der Waals surface area contributed by atoms with Gasteiger partial charge in [-0.25, -0.2) is 0 Å². The minimum Gasteiger partial charge on any atom is -0.367 e. The number of nitrogens with zero attached hydrogens (tertiary/aromatic N) is 3. The Morgan fingerprint density at radius 2 is 2.39 bits per heavy atom. The van der Waals surface area contributed by atoms with Crippen molar-refractivity contribution in [2.24, 2.45) is 5.73 Å². The van der Waals surface area contributed by atoms with Gasteiger partial charge in [0.1, 0.15) is 11.6 Å². The minimum atomic E-state index is -0.535. The van der Waals surface area contributed by atoms with Crippen LogP contribution in [0.3, 0.4) is 0 Å². The summed E-state index contributed by atoms with van der Waals surface area (Å²) in [6.07, 6.45) is 2.08. The Labute approximate surface area is 105 Å². The van der Waals surface area contributed by atoms with Crippen LogP contribution in [0.2, 0.25) is 0 Å². The second-order valence-electron chi connectivity index (χ2n) is 4.30. The third kappa shape index (κ3) is 2.13. The molecular weight excluding hydrogens is 232 g/mol. The molecule has 0 saturated carbocycles. The van der Waals surface area contributed by atoms with Gasteiger partial charge in [-0.3, -0.25) is 10.1 Å². The average molecular weight is 246 g/mol. The molecule has 2 rings (SSSR count). The normalized spacial score (nSPS) is 18.7. The molecule has 6 heteroatoms. The number of nitro groups is 1. The van der Waals surface area contributed by atoms with E-state index in [9.17, 15) is 10.1 Å². The molecule has 1 atom stereocenters. The summed E-state index contributed by atoms with van der Waals surface area (Å²) in [5.41, 5.74) is 6.48. The van der Waals surface area contributed by atoms with Gasteiger partial charge in [-0.2, -0.15) is 5.26 Å². The van der Waals surface area contributed by atoms with Crippen molar-refractivity contribution in [3.8, 4) is 6.07 Å². The molecule has 1 aliphatic rings. The molecule has 1 aromatic rings. The van der Waals surface area contributed by atoms with Crippen LogP contribution in [-0.2, 0) is 0 Å². The lowest BCUT2D eigenvalue weighted by Crippen LogP contribution is -2.35. The first-order valence-electron chi connectivity index (χ1n) is 5.82. The van der Waals surface area contributed by atoms with Gasteiger partial charge in [-0.15, -0.1) is 0 Å². The Bertz CT molecular complexity index is 509. The summed E-state index contributed by atoms with van der Waals surface area (Å²) in [5, 5.41) is 19.7. The average Bonchev–Trinajstić information content (AvgIpc) is 2.86. The van der Waals surface area contributed by atoms with E-state index in [4.69, 9.17) is 11.0 Å². The number of rotatable bonds is 3. The first-order valence-corrected chi connectivity index (χ1v) is 5.82. The SMILES string of the molecule is N#Cc1cc(N2CCCC2CN)ccc1[N+](=O)[O-]. The molecule has 6 nitrogen and oxygen atoms in total. The standard InChI is InChI=1S/C12H14N4O2/c13-7-9-6-10(3-4-12(9)16(17)18)15-5-1-2-11(15)8-14/h3-4,6,11H,1-2,5,8,14H2. The highest BCUT2D eigenvalue weighted by Gasteiger charge is 2.25. The van der Waals surface area contributed by atoms with E-state index in [0.717, 1.165) is 25.1 Å². The predicted octanol–water partition coefficient (Wildman–Crippen LogP) is 1.39. The van der Waals surface area contributed by atoms with E-state index in [1.165, 1.54) is 6.07 Å². The van der Waals surface area contributed by atoms with E-state index in [1.54, 1.807) is 12.1 Å². The lowest BCUT2D eigenvalue weighted by atomic mass is 10.1. The number of anilines is 1. The molecule has 94 valence electrons. The molecule has 0 spiro atoms. The Kier molecular flexibility index (Phi) is 3.44. The zero-order valence-electron chi connectivity index (χ0n) is 9.87. The summed E-state index contributed by atoms with van der Waals surface area (Å²) in [7, 11) is 0. The maximum Gasteiger partial charge on any atom is 0.287 e. The van der Waals surface area contributed by atoms with Crippen molar-refractivity contribution in [3.63, 3.8) is 0 Å². The van der Waals surface area contributed by atoms with E-state index >= 15 is 0 Å². The molecule has 1 unspecified atom stereocenters. The molecule has 0 aromatic heterocycles. The van der Waals surface area contributed by atoms with Crippen LogP contribution in [0.1, 0.15) is 18.4 Å². The molecule has 2 N–H and O–H groups in total. The topological polar surface area (TPSA) is 96.2 Å². The third-order valence-corrected chi connectivity index (χ3v) is 3.28. The molecule has 1 aliphatic heterocycles. The fraction of sp³-hybridized carbons (Fsp3) is 0.417. The van der Waals surface area contributed by atoms with Gasteiger partial charge in [0.05, 0.1) is 4.92 Å². The molecule has 0 bridgehead atoms. The molecule has 1 saturated heterocycles. The van der Waals surface area contributed by atoms with Crippen LogP contribution in [0, 0.1) is 21.4 Å². The smallest absolute Gasteiger partial charge is 0.287 e. The Hall–Kier alpha value is -2.13. The van der Waals surface area contributed by atoms with E-state index in [-0.39, 0.29) is 17.3 Å². The maximum atomic E-state index is 10.8. The van der Waals surface area contributed by atoms with Gasteiger partial charge in [0.2, 0.25) is 0 Å². The first kappa shape index (κ1) is 12.3. The number of hydrogen-bond donors (Lipinski definition) is 1. The van der Waals surface area contributed by atoms with Crippen LogP contribution in [0.4, 0.5) is 11.4 Å². The molecule has 18 heavy (non-hydrogen) atoms. The van der Waals surface area contributed by atoms with E-state index < -0.39 is 4.92 Å². The van der Waals surface area contributed by atoms with Gasteiger partial charge in [0.15, 0.2) is 0 Å². The summed E-state index contributed by atoms with van der Waals surface area (Å²) >= 11 is 0. The number of hydrogen-bond acceptors (Lipinski definition) is 5. The number of nitrogens with two attached hydrogens (primary N) is 1. The summed E-state index contributed by atoms with van der Waals surface area (Å²) in [6, 6.07) is 6.79. The van der Waals surface area contributed by atoms with Gasteiger partial charge >= 0.3 is 0 Å². The van der Waals surface area contributed by atoms with Crippen molar-refractivity contribution in [1.29, 1.82) is 5.26 Å². The lowest BCUT2D eigenvalue weighted by Gasteiger charge is -2.25. The molecular formula is C12H14N4O2. The molecule has 0 radical (unpaired) electrons. The highest BCUT2D eigenvalue weighted by molar-refractivity contribution is 5.60. The third-order valence-electron chi connectivity index (χ3n) is 3.28. The van der Waals surface area contributed by atoms with Crippen LogP contribution >= 0.6 is 0 Å². The van der Waals surface area contributed by atoms with E-state index in [2.05, 4.69) is 4.90 Å². The van der Waals surface area contributed by atoms with E-state index in [1.807, 2.05) is 6.07 Å².